The molecule has 0 aliphatic rings. The van der Waals surface area contributed by atoms with Crippen LogP contribution in [0.5, 0.6) is 5.75 Å². The lowest BCUT2D eigenvalue weighted by Crippen LogP contribution is -2.06. The van der Waals surface area contributed by atoms with E-state index >= 15 is 0 Å². The van der Waals surface area contributed by atoms with E-state index in [9.17, 15) is 0 Å². The average molecular weight is 207 g/mol. The molecular formula is C13H21NO. The van der Waals surface area contributed by atoms with Crippen molar-refractivity contribution in [1.82, 2.24) is 0 Å². The zero-order valence-electron chi connectivity index (χ0n) is 10.2. The molecule has 1 aromatic rings. The SMILES string of the molecule is CCCOc1cc(C)c(CN)c(C)c1C. The lowest BCUT2D eigenvalue weighted by molar-refractivity contribution is 0.315. The lowest BCUT2D eigenvalue weighted by atomic mass is 9.97. The third kappa shape index (κ3) is 2.51. The van der Waals surface area contributed by atoms with Gasteiger partial charge in [0.1, 0.15) is 5.75 Å². The minimum Gasteiger partial charge on any atom is -0.493 e. The summed E-state index contributed by atoms with van der Waals surface area (Å²) < 4.78 is 5.71. The molecule has 0 unspecified atom stereocenters. The number of ether oxygens (including phenoxy) is 1. The summed E-state index contributed by atoms with van der Waals surface area (Å²) in [5.41, 5.74) is 10.7. The van der Waals surface area contributed by atoms with Gasteiger partial charge in [0, 0.05) is 6.54 Å². The van der Waals surface area contributed by atoms with Crippen LogP contribution in [0.15, 0.2) is 6.07 Å². The molecule has 0 amide bonds. The maximum absolute atomic E-state index is 5.73. The number of nitrogens with two attached hydrogens (primary N) is 1. The minimum absolute atomic E-state index is 0.604. The molecule has 0 spiro atoms. The second-order valence-electron chi connectivity index (χ2n) is 3.97. The first-order valence-corrected chi connectivity index (χ1v) is 5.54. The highest BCUT2D eigenvalue weighted by Gasteiger charge is 2.09. The number of aryl methyl sites for hydroxylation is 1. The molecule has 0 bridgehead atoms. The molecule has 84 valence electrons. The fourth-order valence-electron chi connectivity index (χ4n) is 1.77. The molecule has 2 N–H and O–H groups in total. The van der Waals surface area contributed by atoms with Crippen molar-refractivity contribution < 1.29 is 4.74 Å². The van der Waals surface area contributed by atoms with Crippen molar-refractivity contribution in [2.75, 3.05) is 6.61 Å². The van der Waals surface area contributed by atoms with E-state index in [2.05, 4.69) is 33.8 Å². The van der Waals surface area contributed by atoms with Crippen molar-refractivity contribution >= 4 is 0 Å². The van der Waals surface area contributed by atoms with Gasteiger partial charge in [-0.2, -0.15) is 0 Å². The Hall–Kier alpha value is -1.02. The first-order chi connectivity index (χ1) is 7.11. The molecule has 15 heavy (non-hydrogen) atoms. The van der Waals surface area contributed by atoms with Gasteiger partial charge in [-0.25, -0.2) is 0 Å². The summed E-state index contributed by atoms with van der Waals surface area (Å²) >= 11 is 0. The van der Waals surface area contributed by atoms with E-state index in [-0.39, 0.29) is 0 Å². The topological polar surface area (TPSA) is 35.2 Å². The maximum Gasteiger partial charge on any atom is 0.122 e. The first kappa shape index (κ1) is 12.1. The molecule has 0 heterocycles. The summed E-state index contributed by atoms with van der Waals surface area (Å²) in [6.45, 7) is 9.80. The standard InChI is InChI=1S/C13H21NO/c1-5-6-15-13-7-9(2)12(8-14)10(3)11(13)4/h7H,5-6,8,14H2,1-4H3. The van der Waals surface area contributed by atoms with Gasteiger partial charge in [-0.3, -0.25) is 0 Å². The molecule has 0 atom stereocenters. The molecule has 1 aromatic carbocycles. The van der Waals surface area contributed by atoms with Crippen LogP contribution in [0.2, 0.25) is 0 Å². The summed E-state index contributed by atoms with van der Waals surface area (Å²) in [6.07, 6.45) is 1.04. The molecule has 2 nitrogen and oxygen atoms in total. The van der Waals surface area contributed by atoms with Gasteiger partial charge < -0.3 is 10.5 Å². The molecule has 1 rings (SSSR count). The van der Waals surface area contributed by atoms with Crippen LogP contribution < -0.4 is 10.5 Å². The van der Waals surface area contributed by atoms with E-state index in [0.717, 1.165) is 18.8 Å². The lowest BCUT2D eigenvalue weighted by Gasteiger charge is -2.16. The predicted molar refractivity (Wildman–Crippen MR) is 64.3 cm³/mol. The summed E-state index contributed by atoms with van der Waals surface area (Å²) in [7, 11) is 0. The Morgan fingerprint density at radius 3 is 2.40 bits per heavy atom. The molecule has 0 saturated carbocycles. The predicted octanol–water partition coefficient (Wildman–Crippen LogP) is 2.86. The molecule has 0 aromatic heterocycles. The maximum atomic E-state index is 5.73. The van der Waals surface area contributed by atoms with Gasteiger partial charge in [0.25, 0.3) is 0 Å². The third-order valence-electron chi connectivity index (χ3n) is 2.87. The van der Waals surface area contributed by atoms with E-state index in [4.69, 9.17) is 10.5 Å². The number of benzene rings is 1. The van der Waals surface area contributed by atoms with Crippen molar-refractivity contribution in [3.63, 3.8) is 0 Å². The van der Waals surface area contributed by atoms with E-state index in [1.165, 1.54) is 22.3 Å². The van der Waals surface area contributed by atoms with Crippen LogP contribution in [0.3, 0.4) is 0 Å². The van der Waals surface area contributed by atoms with Crippen molar-refractivity contribution in [3.8, 4) is 5.75 Å². The zero-order valence-corrected chi connectivity index (χ0v) is 10.2. The van der Waals surface area contributed by atoms with Crippen LogP contribution >= 0.6 is 0 Å². The molecule has 0 aliphatic carbocycles. The highest BCUT2D eigenvalue weighted by molar-refractivity contribution is 5.47. The van der Waals surface area contributed by atoms with Crippen LogP contribution in [0.1, 0.15) is 35.6 Å². The molecule has 0 aliphatic heterocycles. The Bertz CT molecular complexity index is 345. The van der Waals surface area contributed by atoms with E-state index < -0.39 is 0 Å². The smallest absolute Gasteiger partial charge is 0.122 e. The molecule has 0 fully saturated rings. The van der Waals surface area contributed by atoms with Gasteiger partial charge in [-0.15, -0.1) is 0 Å². The van der Waals surface area contributed by atoms with Crippen LogP contribution in [0, 0.1) is 20.8 Å². The van der Waals surface area contributed by atoms with Crippen molar-refractivity contribution in [2.45, 2.75) is 40.7 Å². The normalized spacial score (nSPS) is 10.5. The molecule has 0 radical (unpaired) electrons. The van der Waals surface area contributed by atoms with Crippen molar-refractivity contribution in [1.29, 1.82) is 0 Å². The van der Waals surface area contributed by atoms with Gasteiger partial charge in [0.2, 0.25) is 0 Å². The summed E-state index contributed by atoms with van der Waals surface area (Å²) in [4.78, 5) is 0. The van der Waals surface area contributed by atoms with Gasteiger partial charge in [0.05, 0.1) is 6.61 Å². The van der Waals surface area contributed by atoms with Gasteiger partial charge >= 0.3 is 0 Å². The van der Waals surface area contributed by atoms with Crippen molar-refractivity contribution in [3.05, 3.63) is 28.3 Å². The third-order valence-corrected chi connectivity index (χ3v) is 2.87. The van der Waals surface area contributed by atoms with E-state index in [0.29, 0.717) is 6.54 Å². The second kappa shape index (κ2) is 5.17. The number of hydrogen-bond acceptors (Lipinski definition) is 2. The van der Waals surface area contributed by atoms with Crippen LogP contribution in [0.25, 0.3) is 0 Å². The Balaban J connectivity index is 3.10. The largest absolute Gasteiger partial charge is 0.493 e. The average Bonchev–Trinajstić information content (AvgIpc) is 2.22. The van der Waals surface area contributed by atoms with Crippen LogP contribution in [-0.4, -0.2) is 6.61 Å². The quantitative estimate of drug-likeness (QED) is 0.824. The summed E-state index contributed by atoms with van der Waals surface area (Å²) in [6, 6.07) is 2.10. The van der Waals surface area contributed by atoms with Gasteiger partial charge in [-0.1, -0.05) is 6.92 Å². The Labute approximate surface area is 92.4 Å². The van der Waals surface area contributed by atoms with Crippen LogP contribution in [-0.2, 0) is 6.54 Å². The monoisotopic (exact) mass is 207 g/mol. The summed E-state index contributed by atoms with van der Waals surface area (Å²) in [5.74, 6) is 1.00. The van der Waals surface area contributed by atoms with Gasteiger partial charge in [-0.05, 0) is 55.5 Å². The van der Waals surface area contributed by atoms with Gasteiger partial charge in [0.15, 0.2) is 0 Å². The Morgan fingerprint density at radius 2 is 1.87 bits per heavy atom. The fourth-order valence-corrected chi connectivity index (χ4v) is 1.77. The fraction of sp³-hybridized carbons (Fsp3) is 0.538. The zero-order chi connectivity index (χ0) is 11.4. The Morgan fingerprint density at radius 1 is 1.20 bits per heavy atom. The van der Waals surface area contributed by atoms with E-state index in [1.807, 2.05) is 0 Å². The van der Waals surface area contributed by atoms with Crippen molar-refractivity contribution in [2.24, 2.45) is 5.73 Å². The molecular weight excluding hydrogens is 186 g/mol. The number of hydrogen-bond donors (Lipinski definition) is 1. The van der Waals surface area contributed by atoms with E-state index in [1.54, 1.807) is 0 Å². The highest BCUT2D eigenvalue weighted by Crippen LogP contribution is 2.27. The molecule has 2 heteroatoms. The van der Waals surface area contributed by atoms with Crippen LogP contribution in [0.4, 0.5) is 0 Å². The second-order valence-corrected chi connectivity index (χ2v) is 3.97. The number of rotatable bonds is 4. The highest BCUT2D eigenvalue weighted by atomic mass is 16.5. The minimum atomic E-state index is 0.604. The molecule has 0 saturated heterocycles. The Kier molecular flexibility index (Phi) is 4.15. The summed E-state index contributed by atoms with van der Waals surface area (Å²) in [5, 5.41) is 0. The first-order valence-electron chi connectivity index (χ1n) is 5.54.